The Morgan fingerprint density at radius 1 is 1.46 bits per heavy atom. The lowest BCUT2D eigenvalue weighted by Crippen LogP contribution is -2.57. The molecular weight excluding hydrogens is 354 g/mol. The van der Waals surface area contributed by atoms with Gasteiger partial charge in [-0.15, -0.1) is 0 Å². The van der Waals surface area contributed by atoms with Crippen LogP contribution in [0.1, 0.15) is 31.4 Å². The van der Waals surface area contributed by atoms with Crippen molar-refractivity contribution in [1.29, 1.82) is 0 Å². The highest BCUT2D eigenvalue weighted by Gasteiger charge is 2.37. The van der Waals surface area contributed by atoms with Crippen molar-refractivity contribution in [3.63, 3.8) is 0 Å². The molecule has 1 saturated heterocycles. The van der Waals surface area contributed by atoms with E-state index in [1.165, 1.54) is 0 Å². The lowest BCUT2D eigenvalue weighted by Gasteiger charge is -2.43. The molecule has 0 spiro atoms. The summed E-state index contributed by atoms with van der Waals surface area (Å²) in [6, 6.07) is 0.397. The topological polar surface area (TPSA) is 90.7 Å². The minimum absolute atomic E-state index is 0.0242. The summed E-state index contributed by atoms with van der Waals surface area (Å²) in [6.45, 7) is 3.48. The Morgan fingerprint density at radius 3 is 2.85 bits per heavy atom. The van der Waals surface area contributed by atoms with Crippen molar-refractivity contribution >= 4 is 23.8 Å². The first-order chi connectivity index (χ1) is 12.5. The van der Waals surface area contributed by atoms with E-state index in [-0.39, 0.29) is 30.7 Å². The summed E-state index contributed by atoms with van der Waals surface area (Å²) < 4.78 is 1.77. The normalized spacial score (nSPS) is 25.8. The molecule has 0 aromatic carbocycles. The Hall–Kier alpha value is -1.74. The highest BCUT2D eigenvalue weighted by atomic mass is 32.2. The van der Waals surface area contributed by atoms with E-state index in [0.717, 1.165) is 36.5 Å². The van der Waals surface area contributed by atoms with Crippen molar-refractivity contribution in [3.8, 4) is 0 Å². The third-order valence-electron chi connectivity index (χ3n) is 5.20. The average Bonchev–Trinajstić information content (AvgIpc) is 3.02. The fraction of sp³-hybridized carbons (Fsp3) is 0.706. The first kappa shape index (κ1) is 19.0. The summed E-state index contributed by atoms with van der Waals surface area (Å²) in [5.74, 6) is 1.03. The van der Waals surface area contributed by atoms with E-state index < -0.39 is 5.97 Å². The number of urea groups is 1. The number of hydrogen-bond donors (Lipinski definition) is 2. The molecule has 2 heterocycles. The van der Waals surface area contributed by atoms with Crippen LogP contribution in [0.3, 0.4) is 0 Å². The molecule has 2 fully saturated rings. The predicted octanol–water partition coefficient (Wildman–Crippen LogP) is 1.16. The monoisotopic (exact) mass is 381 g/mol. The molecule has 2 aliphatic rings. The third-order valence-corrected chi connectivity index (χ3v) is 6.22. The van der Waals surface area contributed by atoms with E-state index in [9.17, 15) is 9.59 Å². The van der Waals surface area contributed by atoms with Crippen molar-refractivity contribution in [3.05, 3.63) is 18.0 Å². The van der Waals surface area contributed by atoms with E-state index in [0.29, 0.717) is 6.54 Å². The van der Waals surface area contributed by atoms with Gasteiger partial charge in [0.1, 0.15) is 0 Å². The number of likely N-dealkylation sites (N-methyl/N-ethyl adjacent to an activating group) is 1. The number of carbonyl (C=O) groups is 2. The molecule has 9 heteroatoms. The Bertz CT molecular complexity index is 646. The Labute approximate surface area is 157 Å². The van der Waals surface area contributed by atoms with Crippen LogP contribution in [-0.4, -0.2) is 79.9 Å². The number of aromatic nitrogens is 2. The van der Waals surface area contributed by atoms with Gasteiger partial charge in [-0.1, -0.05) is 6.92 Å². The first-order valence-corrected chi connectivity index (χ1v) is 10.2. The van der Waals surface area contributed by atoms with Crippen molar-refractivity contribution in [1.82, 2.24) is 24.9 Å². The van der Waals surface area contributed by atoms with Gasteiger partial charge in [0.05, 0.1) is 18.8 Å². The molecule has 1 aromatic rings. The molecule has 26 heavy (non-hydrogen) atoms. The smallest absolute Gasteiger partial charge is 0.318 e. The predicted molar refractivity (Wildman–Crippen MR) is 100 cm³/mol. The maximum absolute atomic E-state index is 12.8. The van der Waals surface area contributed by atoms with Crippen LogP contribution in [0, 0.1) is 0 Å². The van der Waals surface area contributed by atoms with E-state index in [2.05, 4.69) is 10.4 Å². The van der Waals surface area contributed by atoms with Crippen molar-refractivity contribution in [2.75, 3.05) is 31.1 Å². The van der Waals surface area contributed by atoms with E-state index >= 15 is 0 Å². The molecule has 0 bridgehead atoms. The molecular formula is C17H27N5O3S. The quantitative estimate of drug-likeness (QED) is 0.768. The molecule has 1 unspecified atom stereocenters. The van der Waals surface area contributed by atoms with Gasteiger partial charge in [0.25, 0.3) is 0 Å². The number of rotatable bonds is 6. The molecule has 2 amide bonds. The van der Waals surface area contributed by atoms with Gasteiger partial charge in [-0.25, -0.2) is 4.79 Å². The SMILES string of the molecule is CCN(CC(=O)O)C1CC(NC(=O)N2CCSCC2c2cnn(C)c2)C1. The summed E-state index contributed by atoms with van der Waals surface area (Å²) in [6.07, 6.45) is 5.43. The van der Waals surface area contributed by atoms with Gasteiger partial charge >= 0.3 is 12.0 Å². The number of carboxylic acids is 1. The minimum atomic E-state index is -0.801. The molecule has 8 nitrogen and oxygen atoms in total. The van der Waals surface area contributed by atoms with Crippen LogP contribution in [0.25, 0.3) is 0 Å². The Morgan fingerprint density at radius 2 is 2.23 bits per heavy atom. The zero-order valence-electron chi connectivity index (χ0n) is 15.3. The van der Waals surface area contributed by atoms with Crippen LogP contribution in [0.4, 0.5) is 4.79 Å². The van der Waals surface area contributed by atoms with E-state index in [1.807, 2.05) is 47.9 Å². The highest BCUT2D eigenvalue weighted by Crippen LogP contribution is 2.30. The zero-order chi connectivity index (χ0) is 18.7. The van der Waals surface area contributed by atoms with Crippen LogP contribution in [0.15, 0.2) is 12.4 Å². The van der Waals surface area contributed by atoms with Crippen molar-refractivity contribution in [2.45, 2.75) is 37.9 Å². The fourth-order valence-electron chi connectivity index (χ4n) is 3.67. The van der Waals surface area contributed by atoms with E-state index in [4.69, 9.17) is 5.11 Å². The van der Waals surface area contributed by atoms with Crippen molar-refractivity contribution < 1.29 is 14.7 Å². The summed E-state index contributed by atoms with van der Waals surface area (Å²) in [4.78, 5) is 27.6. The second kappa shape index (κ2) is 8.30. The summed E-state index contributed by atoms with van der Waals surface area (Å²) in [5, 5.41) is 16.3. The van der Waals surface area contributed by atoms with Crippen LogP contribution in [-0.2, 0) is 11.8 Å². The number of carbonyl (C=O) groups excluding carboxylic acids is 1. The Balaban J connectivity index is 1.54. The van der Waals surface area contributed by atoms with Crippen LogP contribution in [0.2, 0.25) is 0 Å². The molecule has 1 aromatic heterocycles. The summed E-state index contributed by atoms with van der Waals surface area (Å²) in [7, 11) is 1.88. The molecule has 0 radical (unpaired) electrons. The van der Waals surface area contributed by atoms with Crippen LogP contribution < -0.4 is 5.32 Å². The second-order valence-corrected chi connectivity index (χ2v) is 8.11. The third kappa shape index (κ3) is 4.32. The molecule has 2 N–H and O–H groups in total. The summed E-state index contributed by atoms with van der Waals surface area (Å²) >= 11 is 1.86. The number of thioether (sulfide) groups is 1. The van der Waals surface area contributed by atoms with Crippen LogP contribution in [0.5, 0.6) is 0 Å². The number of nitrogens with one attached hydrogen (secondary N) is 1. The highest BCUT2D eigenvalue weighted by molar-refractivity contribution is 7.99. The van der Waals surface area contributed by atoms with E-state index in [1.54, 1.807) is 4.68 Å². The fourth-order valence-corrected chi connectivity index (χ4v) is 4.76. The number of nitrogens with zero attached hydrogens (tertiary/aromatic N) is 4. The van der Waals surface area contributed by atoms with Gasteiger partial charge in [0.15, 0.2) is 0 Å². The average molecular weight is 382 g/mol. The zero-order valence-corrected chi connectivity index (χ0v) is 16.1. The molecule has 1 aliphatic heterocycles. The first-order valence-electron chi connectivity index (χ1n) is 9.07. The lowest BCUT2D eigenvalue weighted by molar-refractivity contribution is -0.139. The summed E-state index contributed by atoms with van der Waals surface area (Å²) in [5.41, 5.74) is 1.07. The maximum atomic E-state index is 12.8. The Kier molecular flexibility index (Phi) is 6.08. The van der Waals surface area contributed by atoms with Gasteiger partial charge in [-0.3, -0.25) is 14.4 Å². The number of aryl methyl sites for hydroxylation is 1. The number of hydrogen-bond acceptors (Lipinski definition) is 5. The van der Waals surface area contributed by atoms with Crippen molar-refractivity contribution in [2.24, 2.45) is 7.05 Å². The molecule has 1 atom stereocenters. The molecule has 1 aliphatic carbocycles. The largest absolute Gasteiger partial charge is 0.480 e. The van der Waals surface area contributed by atoms with Gasteiger partial charge in [-0.05, 0) is 19.4 Å². The van der Waals surface area contributed by atoms with Gasteiger partial charge < -0.3 is 15.3 Å². The lowest BCUT2D eigenvalue weighted by atomic mass is 9.85. The molecule has 3 rings (SSSR count). The van der Waals surface area contributed by atoms with Gasteiger partial charge in [0.2, 0.25) is 0 Å². The number of carboxylic acid groups (broad SMARTS) is 1. The minimum Gasteiger partial charge on any atom is -0.480 e. The van der Waals surface area contributed by atoms with Gasteiger partial charge in [-0.2, -0.15) is 16.9 Å². The molecule has 144 valence electrons. The number of amides is 2. The number of aliphatic carboxylic acids is 1. The standard InChI is InChI=1S/C17H27N5O3S/c1-3-21(10-16(23)24)14-6-13(7-14)19-17(25)22-4-5-26-11-15(22)12-8-18-20(2)9-12/h8-9,13-15H,3-7,10-11H2,1-2H3,(H,19,25)(H,23,24). The molecule has 1 saturated carbocycles. The second-order valence-electron chi connectivity index (χ2n) is 6.96. The maximum Gasteiger partial charge on any atom is 0.318 e. The van der Waals surface area contributed by atoms with Crippen LogP contribution >= 0.6 is 11.8 Å². The van der Waals surface area contributed by atoms with Gasteiger partial charge in [0, 0.05) is 48.9 Å².